The number of rotatable bonds is 0. The summed E-state index contributed by atoms with van der Waals surface area (Å²) < 4.78 is 3.54. The lowest BCUT2D eigenvalue weighted by Gasteiger charge is -1.93. The van der Waals surface area contributed by atoms with Crippen LogP contribution in [0.5, 0.6) is 0 Å². The van der Waals surface area contributed by atoms with Gasteiger partial charge in [-0.2, -0.15) is 0 Å². The Labute approximate surface area is 49.0 Å². The molecule has 0 fully saturated rings. The van der Waals surface area contributed by atoms with E-state index in [9.17, 15) is 0 Å². The van der Waals surface area contributed by atoms with Gasteiger partial charge >= 0.3 is 5.17 Å². The van der Waals surface area contributed by atoms with Crippen LogP contribution in [0.4, 0.5) is 0 Å². The van der Waals surface area contributed by atoms with Crippen LogP contribution in [-0.4, -0.2) is 30.9 Å². The van der Waals surface area contributed by atoms with Gasteiger partial charge in [0.1, 0.15) is 0 Å². The molecular formula is C4H9N2S+. The van der Waals surface area contributed by atoms with E-state index in [0.29, 0.717) is 5.17 Å². The predicted molar refractivity (Wildman–Crippen MR) is 36.9 cm³/mol. The van der Waals surface area contributed by atoms with Gasteiger partial charge in [0.25, 0.3) is 0 Å². The number of amidine groups is 1. The molecule has 0 saturated carbocycles. The largest absolute Gasteiger partial charge is 0.401 e. The minimum Gasteiger partial charge on any atom is -0.248 e. The lowest BCUT2D eigenvalue weighted by atomic mass is 10.9. The molecule has 40 valence electrons. The Bertz CT molecular complexity index is 102. The van der Waals surface area contributed by atoms with E-state index in [1.54, 1.807) is 4.90 Å². The lowest BCUT2D eigenvalue weighted by molar-refractivity contribution is 0.636. The van der Waals surface area contributed by atoms with Gasteiger partial charge in [0.15, 0.2) is 6.72 Å². The van der Waals surface area contributed by atoms with Crippen LogP contribution in [0, 0.1) is 0 Å². The first-order valence-electron chi connectivity index (χ1n) is 1.88. The summed E-state index contributed by atoms with van der Waals surface area (Å²) in [4.78, 5) is 1.77. The van der Waals surface area contributed by atoms with Crippen LogP contribution in [0.1, 0.15) is 0 Å². The highest BCUT2D eigenvalue weighted by atomic mass is 32.1. The van der Waals surface area contributed by atoms with Crippen LogP contribution in [0.2, 0.25) is 0 Å². The molecule has 0 unspecified atom stereocenters. The second kappa shape index (κ2) is 2.72. The van der Waals surface area contributed by atoms with Crippen LogP contribution in [-0.2, 0) is 0 Å². The molecule has 0 spiro atoms. The number of hydrogen-bond acceptors (Lipinski definition) is 0. The zero-order valence-electron chi connectivity index (χ0n) is 4.55. The molecule has 7 heavy (non-hydrogen) atoms. The van der Waals surface area contributed by atoms with Crippen molar-refractivity contribution in [2.45, 2.75) is 0 Å². The van der Waals surface area contributed by atoms with Crippen molar-refractivity contribution in [3.05, 3.63) is 0 Å². The molecule has 0 radical (unpaired) electrons. The Balaban J connectivity index is 3.81. The average Bonchev–Trinajstić information content (AvgIpc) is 1.65. The van der Waals surface area contributed by atoms with Gasteiger partial charge in [-0.3, -0.25) is 0 Å². The van der Waals surface area contributed by atoms with E-state index in [-0.39, 0.29) is 0 Å². The first kappa shape index (κ1) is 6.60. The van der Waals surface area contributed by atoms with Gasteiger partial charge in [0.2, 0.25) is 0 Å². The highest BCUT2D eigenvalue weighted by Gasteiger charge is 1.99. The van der Waals surface area contributed by atoms with E-state index in [0.717, 1.165) is 0 Å². The SMILES string of the molecule is C=[N+]=C(S)N(C)C. The molecule has 0 aliphatic rings. The van der Waals surface area contributed by atoms with Gasteiger partial charge in [-0.15, -0.1) is 0 Å². The van der Waals surface area contributed by atoms with Crippen molar-refractivity contribution in [3.8, 4) is 0 Å². The summed E-state index contributed by atoms with van der Waals surface area (Å²) in [7, 11) is 3.72. The normalized spacial score (nSPS) is 7.29. The van der Waals surface area contributed by atoms with Gasteiger partial charge < -0.3 is 0 Å². The highest BCUT2D eigenvalue weighted by Crippen LogP contribution is 1.78. The molecule has 0 rings (SSSR count). The summed E-state index contributed by atoms with van der Waals surface area (Å²) in [6, 6.07) is 0. The summed E-state index contributed by atoms with van der Waals surface area (Å²) in [5, 5.41) is 0.639. The topological polar surface area (TPSA) is 17.3 Å². The molecular weight excluding hydrogens is 108 g/mol. The van der Waals surface area contributed by atoms with Crippen molar-refractivity contribution in [1.82, 2.24) is 9.57 Å². The highest BCUT2D eigenvalue weighted by molar-refractivity contribution is 7.96. The maximum Gasteiger partial charge on any atom is 0.401 e. The van der Waals surface area contributed by atoms with Crippen LogP contribution >= 0.6 is 12.6 Å². The zero-order chi connectivity index (χ0) is 5.86. The molecule has 0 bridgehead atoms. The van der Waals surface area contributed by atoms with Crippen LogP contribution in [0.3, 0.4) is 0 Å². The summed E-state index contributed by atoms with van der Waals surface area (Å²) in [6.45, 7) is 3.28. The molecule has 0 aliphatic carbocycles. The molecule has 0 aliphatic heterocycles. The van der Waals surface area contributed by atoms with E-state index >= 15 is 0 Å². The fourth-order valence-corrected chi connectivity index (χ4v) is 0.141. The number of hydrogen-bond donors (Lipinski definition) is 1. The Kier molecular flexibility index (Phi) is 2.56. The third-order valence-electron chi connectivity index (χ3n) is 0.541. The monoisotopic (exact) mass is 117 g/mol. The second-order valence-electron chi connectivity index (χ2n) is 1.35. The fraction of sp³-hybridized carbons (Fsp3) is 0.500. The minimum atomic E-state index is 0.639. The molecule has 0 atom stereocenters. The molecule has 0 amide bonds. The summed E-state index contributed by atoms with van der Waals surface area (Å²) in [5.74, 6) is 0. The molecule has 0 heterocycles. The molecule has 0 aromatic heterocycles. The van der Waals surface area contributed by atoms with Crippen LogP contribution in [0.15, 0.2) is 0 Å². The number of nitrogens with zero attached hydrogens (tertiary/aromatic N) is 2. The minimum absolute atomic E-state index is 0.639. The third kappa shape index (κ3) is 2.31. The van der Waals surface area contributed by atoms with E-state index < -0.39 is 0 Å². The summed E-state index contributed by atoms with van der Waals surface area (Å²) in [5.41, 5.74) is 0. The molecule has 2 nitrogen and oxygen atoms in total. The first-order valence-corrected chi connectivity index (χ1v) is 2.33. The van der Waals surface area contributed by atoms with E-state index in [1.807, 2.05) is 14.1 Å². The fourth-order valence-electron chi connectivity index (χ4n) is 0.141. The standard InChI is InChI=1S/C4H8N2S/c1-5-4(7)6(2)3/h1H2,2-3H3/p+1. The van der Waals surface area contributed by atoms with Gasteiger partial charge in [-0.05, 0) is 12.6 Å². The Morgan fingerprint density at radius 1 is 1.71 bits per heavy atom. The maximum absolute atomic E-state index is 3.94. The lowest BCUT2D eigenvalue weighted by Crippen LogP contribution is -2.17. The first-order chi connectivity index (χ1) is 3.18. The van der Waals surface area contributed by atoms with E-state index in [1.165, 1.54) is 0 Å². The number of thiol groups is 1. The summed E-state index contributed by atoms with van der Waals surface area (Å²) in [6.07, 6.45) is 0. The van der Waals surface area contributed by atoms with E-state index in [2.05, 4.69) is 24.0 Å². The Morgan fingerprint density at radius 2 is 2.14 bits per heavy atom. The van der Waals surface area contributed by atoms with Crippen LogP contribution in [0.25, 0.3) is 0 Å². The van der Waals surface area contributed by atoms with E-state index in [4.69, 9.17) is 0 Å². The quantitative estimate of drug-likeness (QED) is 0.198. The van der Waals surface area contributed by atoms with Gasteiger partial charge in [0.05, 0.1) is 14.1 Å². The molecule has 0 saturated heterocycles. The second-order valence-corrected chi connectivity index (χ2v) is 1.75. The maximum atomic E-state index is 3.94. The van der Waals surface area contributed by atoms with Crippen molar-refractivity contribution < 1.29 is 0 Å². The molecule has 3 heteroatoms. The average molecular weight is 117 g/mol. The summed E-state index contributed by atoms with van der Waals surface area (Å²) >= 11 is 3.94. The Hall–Kier alpha value is -0.400. The van der Waals surface area contributed by atoms with Gasteiger partial charge in [0, 0.05) is 0 Å². The van der Waals surface area contributed by atoms with Crippen LogP contribution < -0.4 is 4.67 Å². The predicted octanol–water partition coefficient (Wildman–Crippen LogP) is -0.398. The van der Waals surface area contributed by atoms with Crippen molar-refractivity contribution >= 4 is 24.5 Å². The zero-order valence-corrected chi connectivity index (χ0v) is 5.44. The smallest absolute Gasteiger partial charge is 0.248 e. The molecule has 0 aromatic carbocycles. The van der Waals surface area contributed by atoms with Crippen molar-refractivity contribution in [1.29, 1.82) is 0 Å². The third-order valence-corrected chi connectivity index (χ3v) is 1.08. The molecule has 0 aromatic rings. The van der Waals surface area contributed by atoms with Crippen molar-refractivity contribution in [2.24, 2.45) is 0 Å². The molecule has 0 N–H and O–H groups in total. The Morgan fingerprint density at radius 3 is 2.14 bits per heavy atom. The van der Waals surface area contributed by atoms with Gasteiger partial charge in [-0.25, -0.2) is 9.57 Å². The van der Waals surface area contributed by atoms with Gasteiger partial charge in [-0.1, -0.05) is 0 Å². The van der Waals surface area contributed by atoms with Crippen molar-refractivity contribution in [2.75, 3.05) is 14.1 Å². The van der Waals surface area contributed by atoms with Crippen molar-refractivity contribution in [3.63, 3.8) is 0 Å².